The summed E-state index contributed by atoms with van der Waals surface area (Å²) in [5.41, 5.74) is 6.69. The first-order valence-corrected chi connectivity index (χ1v) is 11.6. The first kappa shape index (κ1) is 22.8. The molecule has 7 heteroatoms. The van der Waals surface area contributed by atoms with Gasteiger partial charge in [0.15, 0.2) is 5.60 Å². The molecule has 174 valence electrons. The lowest BCUT2D eigenvalue weighted by atomic mass is 9.84. The highest BCUT2D eigenvalue weighted by Crippen LogP contribution is 2.37. The van der Waals surface area contributed by atoms with Crippen LogP contribution in [0.4, 0.5) is 0 Å². The number of hydrogen-bond donors (Lipinski definition) is 2. The molecule has 1 fully saturated rings. The molecule has 33 heavy (non-hydrogen) atoms. The molecule has 1 unspecified atom stereocenters. The minimum atomic E-state index is -1.26. The molecule has 2 aromatic carbocycles. The van der Waals surface area contributed by atoms with Crippen molar-refractivity contribution < 1.29 is 19.4 Å². The highest BCUT2D eigenvalue weighted by Gasteiger charge is 2.43. The van der Waals surface area contributed by atoms with E-state index in [4.69, 9.17) is 15.5 Å². The van der Waals surface area contributed by atoms with Crippen molar-refractivity contribution in [3.8, 4) is 17.1 Å². The van der Waals surface area contributed by atoms with Gasteiger partial charge in [0.2, 0.25) is 0 Å². The number of primary amides is 1. The highest BCUT2D eigenvalue weighted by atomic mass is 16.6. The lowest BCUT2D eigenvalue weighted by molar-refractivity contribution is -0.174. The summed E-state index contributed by atoms with van der Waals surface area (Å²) in [5.74, 6) is -0.205. The van der Waals surface area contributed by atoms with Crippen LogP contribution in [0.1, 0.15) is 58.4 Å². The lowest BCUT2D eigenvalue weighted by Gasteiger charge is -2.35. The van der Waals surface area contributed by atoms with Crippen LogP contribution in [0.3, 0.4) is 0 Å². The molecule has 0 bridgehead atoms. The Morgan fingerprint density at radius 3 is 2.52 bits per heavy atom. The Morgan fingerprint density at radius 2 is 1.85 bits per heavy atom. The lowest BCUT2D eigenvalue weighted by Crippen LogP contribution is -2.50. The number of para-hydroxylation sites is 2. The van der Waals surface area contributed by atoms with Gasteiger partial charge in [0.25, 0.3) is 5.91 Å². The van der Waals surface area contributed by atoms with Crippen LogP contribution in [0.15, 0.2) is 48.5 Å². The van der Waals surface area contributed by atoms with Crippen LogP contribution in [0, 0.1) is 5.92 Å². The van der Waals surface area contributed by atoms with Gasteiger partial charge in [-0.2, -0.15) is 0 Å². The van der Waals surface area contributed by atoms with E-state index in [9.17, 15) is 14.7 Å². The van der Waals surface area contributed by atoms with E-state index < -0.39 is 23.5 Å². The molecule has 1 atom stereocenters. The number of hydrogen-bond acceptors (Lipinski definition) is 5. The second-order valence-electron chi connectivity index (χ2n) is 9.33. The quantitative estimate of drug-likeness (QED) is 0.507. The summed E-state index contributed by atoms with van der Waals surface area (Å²) in [4.78, 5) is 30.9. The standard InChI is InChI=1S/C26H31N3O4/c1-17(2)15-22(24(31)33-26(25(27)32)13-6-3-7-14-26)29-21-12-5-4-11-20(21)28-23(29)18-9-8-10-19(30)16-18/h4-5,8-12,16-17,22,30H,3,6-7,13-15H2,1-2H3,(H2,27,32). The molecule has 0 aliphatic heterocycles. The predicted molar refractivity (Wildman–Crippen MR) is 126 cm³/mol. The third kappa shape index (κ3) is 4.58. The number of aromatic hydroxyl groups is 1. The second kappa shape index (κ2) is 9.25. The first-order chi connectivity index (χ1) is 15.8. The molecule has 1 heterocycles. The number of carbonyl (C=O) groups excluding carboxylic acids is 2. The summed E-state index contributed by atoms with van der Waals surface area (Å²) >= 11 is 0. The number of amides is 1. The van der Waals surface area contributed by atoms with Gasteiger partial charge in [-0.05, 0) is 62.3 Å². The zero-order valence-corrected chi connectivity index (χ0v) is 19.2. The van der Waals surface area contributed by atoms with Gasteiger partial charge in [-0.1, -0.05) is 44.5 Å². The Labute approximate surface area is 193 Å². The number of nitrogens with two attached hydrogens (primary N) is 1. The molecule has 1 saturated carbocycles. The van der Waals surface area contributed by atoms with Gasteiger partial charge in [0.1, 0.15) is 17.6 Å². The Kier molecular flexibility index (Phi) is 6.40. The summed E-state index contributed by atoms with van der Waals surface area (Å²) in [6.45, 7) is 4.08. The minimum absolute atomic E-state index is 0.115. The van der Waals surface area contributed by atoms with E-state index in [2.05, 4.69) is 0 Å². The van der Waals surface area contributed by atoms with Gasteiger partial charge >= 0.3 is 5.97 Å². The largest absolute Gasteiger partial charge is 0.508 e. The van der Waals surface area contributed by atoms with Gasteiger partial charge in [0.05, 0.1) is 11.0 Å². The number of rotatable bonds is 7. The van der Waals surface area contributed by atoms with Crippen LogP contribution < -0.4 is 5.73 Å². The van der Waals surface area contributed by atoms with Crippen molar-refractivity contribution in [1.82, 2.24) is 9.55 Å². The molecule has 1 amide bonds. The summed E-state index contributed by atoms with van der Waals surface area (Å²) in [5, 5.41) is 10.1. The number of ether oxygens (including phenoxy) is 1. The SMILES string of the molecule is CC(C)CC(C(=O)OC1(C(N)=O)CCCCC1)n1c(-c2cccc(O)c2)nc2ccccc21. The van der Waals surface area contributed by atoms with Crippen LogP contribution >= 0.6 is 0 Å². The molecule has 7 nitrogen and oxygen atoms in total. The number of nitrogens with zero attached hydrogens (tertiary/aromatic N) is 2. The number of benzene rings is 2. The topological polar surface area (TPSA) is 107 Å². The normalized spacial score (nSPS) is 16.6. The number of phenolic OH excluding ortho intramolecular Hbond substituents is 1. The summed E-state index contributed by atoms with van der Waals surface area (Å²) in [6.07, 6.45) is 4.00. The molecular weight excluding hydrogens is 418 g/mol. The average molecular weight is 450 g/mol. The van der Waals surface area contributed by atoms with Crippen LogP contribution in [-0.2, 0) is 14.3 Å². The Bertz CT molecular complexity index is 1160. The maximum absolute atomic E-state index is 13.7. The second-order valence-corrected chi connectivity index (χ2v) is 9.33. The Balaban J connectivity index is 1.83. The minimum Gasteiger partial charge on any atom is -0.508 e. The first-order valence-electron chi connectivity index (χ1n) is 11.6. The highest BCUT2D eigenvalue weighted by molar-refractivity contribution is 5.89. The number of imidazole rings is 1. The van der Waals surface area contributed by atoms with E-state index in [0.717, 1.165) is 30.3 Å². The van der Waals surface area contributed by atoms with Crippen molar-refractivity contribution in [2.75, 3.05) is 0 Å². The van der Waals surface area contributed by atoms with Crippen molar-refractivity contribution in [2.45, 2.75) is 64.0 Å². The third-order valence-corrected chi connectivity index (χ3v) is 6.38. The molecule has 1 aromatic heterocycles. The number of esters is 1. The Morgan fingerprint density at radius 1 is 1.12 bits per heavy atom. The maximum Gasteiger partial charge on any atom is 0.330 e. The summed E-state index contributed by atoms with van der Waals surface area (Å²) in [6, 6.07) is 13.7. The van der Waals surface area contributed by atoms with E-state index in [-0.39, 0.29) is 11.7 Å². The summed E-state index contributed by atoms with van der Waals surface area (Å²) in [7, 11) is 0. The smallest absolute Gasteiger partial charge is 0.330 e. The fraction of sp³-hybridized carbons (Fsp3) is 0.423. The van der Waals surface area contributed by atoms with Crippen molar-refractivity contribution in [2.24, 2.45) is 11.7 Å². The van der Waals surface area contributed by atoms with Crippen LogP contribution in [0.5, 0.6) is 5.75 Å². The van der Waals surface area contributed by atoms with E-state index in [0.29, 0.717) is 30.7 Å². The van der Waals surface area contributed by atoms with E-state index in [1.54, 1.807) is 18.2 Å². The predicted octanol–water partition coefficient (Wildman–Crippen LogP) is 4.73. The monoisotopic (exact) mass is 449 g/mol. The van der Waals surface area contributed by atoms with Crippen LogP contribution in [0.2, 0.25) is 0 Å². The zero-order chi connectivity index (χ0) is 23.6. The molecule has 0 spiro atoms. The molecular formula is C26H31N3O4. The average Bonchev–Trinajstić information content (AvgIpc) is 3.17. The molecule has 1 aliphatic rings. The van der Waals surface area contributed by atoms with Crippen molar-refractivity contribution in [3.05, 3.63) is 48.5 Å². The molecule has 4 rings (SSSR count). The van der Waals surface area contributed by atoms with Gasteiger partial charge in [-0.15, -0.1) is 0 Å². The molecule has 3 N–H and O–H groups in total. The number of fused-ring (bicyclic) bond motifs is 1. The third-order valence-electron chi connectivity index (χ3n) is 6.38. The van der Waals surface area contributed by atoms with Crippen LogP contribution in [-0.4, -0.2) is 32.1 Å². The number of aromatic nitrogens is 2. The van der Waals surface area contributed by atoms with Crippen LogP contribution in [0.25, 0.3) is 22.4 Å². The van der Waals surface area contributed by atoms with E-state index in [1.165, 1.54) is 0 Å². The fourth-order valence-electron chi connectivity index (χ4n) is 4.74. The molecule has 3 aromatic rings. The summed E-state index contributed by atoms with van der Waals surface area (Å²) < 4.78 is 7.86. The molecule has 1 aliphatic carbocycles. The maximum atomic E-state index is 13.7. The Hall–Kier alpha value is -3.35. The van der Waals surface area contributed by atoms with Gasteiger partial charge in [-0.3, -0.25) is 4.79 Å². The number of carbonyl (C=O) groups is 2. The van der Waals surface area contributed by atoms with Crippen molar-refractivity contribution >= 4 is 22.9 Å². The fourth-order valence-corrected chi connectivity index (χ4v) is 4.74. The van der Waals surface area contributed by atoms with Gasteiger partial charge < -0.3 is 20.1 Å². The van der Waals surface area contributed by atoms with E-state index in [1.807, 2.05) is 48.7 Å². The van der Waals surface area contributed by atoms with Gasteiger partial charge in [0, 0.05) is 5.56 Å². The molecule has 0 radical (unpaired) electrons. The zero-order valence-electron chi connectivity index (χ0n) is 19.2. The van der Waals surface area contributed by atoms with Crippen molar-refractivity contribution in [1.29, 1.82) is 0 Å². The van der Waals surface area contributed by atoms with Gasteiger partial charge in [-0.25, -0.2) is 9.78 Å². The number of phenols is 1. The molecule has 0 saturated heterocycles. The van der Waals surface area contributed by atoms with Crippen molar-refractivity contribution in [3.63, 3.8) is 0 Å². The van der Waals surface area contributed by atoms with E-state index >= 15 is 0 Å².